The van der Waals surface area contributed by atoms with Crippen molar-refractivity contribution in [3.8, 4) is 0 Å². The van der Waals surface area contributed by atoms with Crippen LogP contribution in [0, 0.1) is 5.41 Å². The molecule has 0 bridgehead atoms. The Labute approximate surface area is 99.1 Å². The Morgan fingerprint density at radius 2 is 2.59 bits per heavy atom. The summed E-state index contributed by atoms with van der Waals surface area (Å²) in [5.74, 6) is -0.0296. The second-order valence-corrected chi connectivity index (χ2v) is 3.64. The maximum atomic E-state index is 11.8. The zero-order valence-corrected chi connectivity index (χ0v) is 9.51. The first kappa shape index (κ1) is 11.4. The number of carbonyl (C=O) groups is 1. The second-order valence-electron chi connectivity index (χ2n) is 3.64. The standard InChI is InChI=1S/C11H14N4O2/c1-2-17-11(16)9-6-10(12)14-15(9)8-4-3-5-13-7-8/h3-5,7,9H,2,6H2,1H3,(H2,12,14). The molecule has 1 aromatic heterocycles. The molecule has 2 heterocycles. The molecule has 1 saturated heterocycles. The summed E-state index contributed by atoms with van der Waals surface area (Å²) >= 11 is 0. The van der Waals surface area contributed by atoms with E-state index in [-0.39, 0.29) is 5.97 Å². The van der Waals surface area contributed by atoms with E-state index >= 15 is 0 Å². The monoisotopic (exact) mass is 234 g/mol. The lowest BCUT2D eigenvalue weighted by Gasteiger charge is -2.23. The first-order valence-corrected chi connectivity index (χ1v) is 5.42. The number of nitrogens with zero attached hydrogens (tertiary/aromatic N) is 2. The first-order chi connectivity index (χ1) is 8.22. The van der Waals surface area contributed by atoms with Crippen molar-refractivity contribution in [2.24, 2.45) is 0 Å². The number of anilines is 1. The minimum Gasteiger partial charge on any atom is -0.464 e. The Morgan fingerprint density at radius 1 is 1.76 bits per heavy atom. The van der Waals surface area contributed by atoms with Gasteiger partial charge in [-0.1, -0.05) is 0 Å². The third-order valence-electron chi connectivity index (χ3n) is 2.45. The van der Waals surface area contributed by atoms with Gasteiger partial charge in [0.25, 0.3) is 0 Å². The number of esters is 1. The predicted octanol–water partition coefficient (Wildman–Crippen LogP) is 0.705. The molecule has 0 radical (unpaired) electrons. The Balaban J connectivity index is 2.20. The van der Waals surface area contributed by atoms with Crippen molar-refractivity contribution in [3.05, 3.63) is 24.5 Å². The highest BCUT2D eigenvalue weighted by atomic mass is 16.5. The zero-order valence-electron chi connectivity index (χ0n) is 9.51. The van der Waals surface area contributed by atoms with Crippen LogP contribution in [0.2, 0.25) is 0 Å². The van der Waals surface area contributed by atoms with Crippen LogP contribution in [0.4, 0.5) is 5.69 Å². The number of hydrogen-bond donors (Lipinski definition) is 2. The van der Waals surface area contributed by atoms with Crippen LogP contribution in [0.15, 0.2) is 24.5 Å². The highest BCUT2D eigenvalue weighted by Crippen LogP contribution is 2.20. The molecule has 1 aliphatic rings. The lowest BCUT2D eigenvalue weighted by atomic mass is 10.2. The predicted molar refractivity (Wildman–Crippen MR) is 62.6 cm³/mol. The highest BCUT2D eigenvalue weighted by Gasteiger charge is 2.35. The van der Waals surface area contributed by atoms with E-state index in [4.69, 9.17) is 10.1 Å². The lowest BCUT2D eigenvalue weighted by Crippen LogP contribution is -2.43. The van der Waals surface area contributed by atoms with Gasteiger partial charge in [0.2, 0.25) is 0 Å². The maximum Gasteiger partial charge on any atom is 0.331 e. The average Bonchev–Trinajstić information content (AvgIpc) is 2.73. The smallest absolute Gasteiger partial charge is 0.331 e. The van der Waals surface area contributed by atoms with Crippen molar-refractivity contribution in [2.45, 2.75) is 19.4 Å². The molecule has 90 valence electrons. The largest absolute Gasteiger partial charge is 0.464 e. The van der Waals surface area contributed by atoms with E-state index in [0.717, 1.165) is 5.69 Å². The molecule has 6 nitrogen and oxygen atoms in total. The van der Waals surface area contributed by atoms with Crippen LogP contribution in [0.3, 0.4) is 0 Å². The summed E-state index contributed by atoms with van der Waals surface area (Å²) in [6, 6.07) is 3.11. The van der Waals surface area contributed by atoms with E-state index in [0.29, 0.717) is 18.9 Å². The molecule has 1 unspecified atom stereocenters. The number of hydrazine groups is 1. The highest BCUT2D eigenvalue weighted by molar-refractivity contribution is 5.94. The summed E-state index contributed by atoms with van der Waals surface area (Å²) in [4.78, 5) is 15.7. The van der Waals surface area contributed by atoms with E-state index in [1.165, 1.54) is 0 Å². The molecule has 1 fully saturated rings. The van der Waals surface area contributed by atoms with E-state index in [2.05, 4.69) is 10.4 Å². The fourth-order valence-corrected chi connectivity index (χ4v) is 1.72. The van der Waals surface area contributed by atoms with Gasteiger partial charge in [-0.2, -0.15) is 0 Å². The normalized spacial score (nSPS) is 19.0. The van der Waals surface area contributed by atoms with Crippen molar-refractivity contribution in [1.29, 1.82) is 5.41 Å². The Kier molecular flexibility index (Phi) is 3.22. The van der Waals surface area contributed by atoms with Crippen LogP contribution in [-0.2, 0) is 9.53 Å². The van der Waals surface area contributed by atoms with Gasteiger partial charge in [0, 0.05) is 12.6 Å². The molecule has 1 atom stereocenters. The molecule has 0 amide bonds. The van der Waals surface area contributed by atoms with Gasteiger partial charge in [-0.25, -0.2) is 4.79 Å². The molecule has 2 N–H and O–H groups in total. The Morgan fingerprint density at radius 3 is 3.24 bits per heavy atom. The molecule has 0 saturated carbocycles. The van der Waals surface area contributed by atoms with E-state index in [9.17, 15) is 4.79 Å². The van der Waals surface area contributed by atoms with Crippen LogP contribution >= 0.6 is 0 Å². The summed E-state index contributed by atoms with van der Waals surface area (Å²) in [6.45, 7) is 2.10. The quantitative estimate of drug-likeness (QED) is 0.753. The first-order valence-electron chi connectivity index (χ1n) is 5.42. The molecule has 2 rings (SSSR count). The van der Waals surface area contributed by atoms with Crippen LogP contribution < -0.4 is 10.4 Å². The van der Waals surface area contributed by atoms with Crippen molar-refractivity contribution in [1.82, 2.24) is 10.4 Å². The molecule has 1 aromatic rings. The SMILES string of the molecule is CCOC(=O)C1CC(=N)NN1c1cccnc1. The molecule has 1 aliphatic heterocycles. The topological polar surface area (TPSA) is 78.3 Å². The summed E-state index contributed by atoms with van der Waals surface area (Å²) < 4.78 is 4.99. The number of rotatable bonds is 3. The molecule has 6 heteroatoms. The Hall–Kier alpha value is -2.11. The minimum absolute atomic E-state index is 0.298. The van der Waals surface area contributed by atoms with E-state index < -0.39 is 6.04 Å². The zero-order chi connectivity index (χ0) is 12.3. The number of hydrogen-bond acceptors (Lipinski definition) is 5. The van der Waals surface area contributed by atoms with Gasteiger partial charge in [-0.05, 0) is 19.1 Å². The molecule has 17 heavy (non-hydrogen) atoms. The molecule has 0 aliphatic carbocycles. The summed E-state index contributed by atoms with van der Waals surface area (Å²) in [5, 5.41) is 9.22. The Bertz CT molecular complexity index is 421. The van der Waals surface area contributed by atoms with E-state index in [1.807, 2.05) is 6.07 Å². The second kappa shape index (κ2) is 4.82. The van der Waals surface area contributed by atoms with Gasteiger partial charge in [-0.15, -0.1) is 0 Å². The minimum atomic E-state index is -0.494. The lowest BCUT2D eigenvalue weighted by molar-refractivity contribution is -0.144. The average molecular weight is 234 g/mol. The van der Waals surface area contributed by atoms with Crippen molar-refractivity contribution in [3.63, 3.8) is 0 Å². The van der Waals surface area contributed by atoms with Crippen LogP contribution in [0.1, 0.15) is 13.3 Å². The number of ether oxygens (including phenoxy) is 1. The third-order valence-corrected chi connectivity index (χ3v) is 2.45. The van der Waals surface area contributed by atoms with Crippen molar-refractivity contribution >= 4 is 17.5 Å². The fourth-order valence-electron chi connectivity index (χ4n) is 1.72. The van der Waals surface area contributed by atoms with Gasteiger partial charge >= 0.3 is 5.97 Å². The number of aromatic nitrogens is 1. The van der Waals surface area contributed by atoms with Gasteiger partial charge < -0.3 is 4.74 Å². The summed E-state index contributed by atoms with van der Waals surface area (Å²) in [6.07, 6.45) is 3.62. The number of pyridine rings is 1. The molecular weight excluding hydrogens is 220 g/mol. The number of carbonyl (C=O) groups excluding carboxylic acids is 1. The fraction of sp³-hybridized carbons (Fsp3) is 0.364. The van der Waals surface area contributed by atoms with Crippen LogP contribution in [-0.4, -0.2) is 29.4 Å². The van der Waals surface area contributed by atoms with Crippen molar-refractivity contribution in [2.75, 3.05) is 11.6 Å². The summed E-state index contributed by atoms with van der Waals surface area (Å²) in [5.41, 5.74) is 3.58. The summed E-state index contributed by atoms with van der Waals surface area (Å²) in [7, 11) is 0. The van der Waals surface area contributed by atoms with Gasteiger partial charge in [0.1, 0.15) is 5.84 Å². The van der Waals surface area contributed by atoms with E-state index in [1.54, 1.807) is 30.4 Å². The molecular formula is C11H14N4O2. The molecule has 0 spiro atoms. The van der Waals surface area contributed by atoms with Gasteiger partial charge in [0.05, 0.1) is 18.5 Å². The van der Waals surface area contributed by atoms with Gasteiger partial charge in [-0.3, -0.25) is 20.8 Å². The third kappa shape index (κ3) is 2.35. The molecule has 0 aromatic carbocycles. The van der Waals surface area contributed by atoms with Gasteiger partial charge in [0.15, 0.2) is 6.04 Å². The number of nitrogens with one attached hydrogen (secondary N) is 2. The maximum absolute atomic E-state index is 11.8. The van der Waals surface area contributed by atoms with Crippen LogP contribution in [0.25, 0.3) is 0 Å². The van der Waals surface area contributed by atoms with Crippen molar-refractivity contribution < 1.29 is 9.53 Å². The number of amidine groups is 1. The van der Waals surface area contributed by atoms with Crippen LogP contribution in [0.5, 0.6) is 0 Å².